The van der Waals surface area contributed by atoms with Gasteiger partial charge in [-0.1, -0.05) is 12.1 Å². The van der Waals surface area contributed by atoms with E-state index in [9.17, 15) is 4.79 Å². The number of hydrogen-bond acceptors (Lipinski definition) is 5. The molecule has 2 aromatic rings. The van der Waals surface area contributed by atoms with Gasteiger partial charge in [-0.15, -0.1) is 0 Å². The average Bonchev–Trinajstić information content (AvgIpc) is 3.28. The SMILES string of the molecule is CCN1CCC2(CN(Cc3cccnc3)CC23CCN(Cc2cccnc2)CC3)C1=O. The van der Waals surface area contributed by atoms with Crippen LogP contribution in [0.4, 0.5) is 0 Å². The van der Waals surface area contributed by atoms with E-state index in [1.165, 1.54) is 11.1 Å². The third-order valence-electron chi connectivity index (χ3n) is 7.99. The molecule has 2 spiro atoms. The fourth-order valence-electron chi connectivity index (χ4n) is 6.35. The summed E-state index contributed by atoms with van der Waals surface area (Å²) >= 11 is 0. The van der Waals surface area contributed by atoms with Crippen molar-refractivity contribution in [3.8, 4) is 0 Å². The normalized spacial score (nSPS) is 26.4. The summed E-state index contributed by atoms with van der Waals surface area (Å²) in [5, 5.41) is 0. The van der Waals surface area contributed by atoms with Gasteiger partial charge in [-0.25, -0.2) is 0 Å². The van der Waals surface area contributed by atoms with Crippen molar-refractivity contribution >= 4 is 5.91 Å². The number of carbonyl (C=O) groups excluding carboxylic acids is 1. The van der Waals surface area contributed by atoms with Crippen molar-refractivity contribution < 1.29 is 4.79 Å². The number of hydrogen-bond donors (Lipinski definition) is 0. The van der Waals surface area contributed by atoms with Gasteiger partial charge in [0.15, 0.2) is 0 Å². The van der Waals surface area contributed by atoms with E-state index in [1.54, 1.807) is 0 Å². The molecule has 6 nitrogen and oxygen atoms in total. The van der Waals surface area contributed by atoms with Crippen LogP contribution in [0.15, 0.2) is 49.1 Å². The Morgan fingerprint density at radius 1 is 0.871 bits per heavy atom. The molecule has 0 aromatic carbocycles. The summed E-state index contributed by atoms with van der Waals surface area (Å²) in [6, 6.07) is 8.33. The molecule has 0 saturated carbocycles. The number of carbonyl (C=O) groups is 1. The molecule has 6 heteroatoms. The number of fused-ring (bicyclic) bond motifs is 1. The molecule has 1 unspecified atom stereocenters. The zero-order chi connectivity index (χ0) is 21.3. The van der Waals surface area contributed by atoms with Crippen molar-refractivity contribution in [1.29, 1.82) is 0 Å². The summed E-state index contributed by atoms with van der Waals surface area (Å²) in [5.41, 5.74) is 2.38. The van der Waals surface area contributed by atoms with Crippen LogP contribution < -0.4 is 0 Å². The van der Waals surface area contributed by atoms with Crippen molar-refractivity contribution in [3.05, 3.63) is 60.2 Å². The topological polar surface area (TPSA) is 52.6 Å². The lowest BCUT2D eigenvalue weighted by Gasteiger charge is -2.47. The number of likely N-dealkylation sites (tertiary alicyclic amines) is 3. The van der Waals surface area contributed by atoms with Crippen LogP contribution in [-0.4, -0.2) is 69.8 Å². The van der Waals surface area contributed by atoms with Crippen LogP contribution in [0, 0.1) is 10.8 Å². The summed E-state index contributed by atoms with van der Waals surface area (Å²) in [6.07, 6.45) is 10.8. The van der Waals surface area contributed by atoms with Gasteiger partial charge in [0.2, 0.25) is 5.91 Å². The smallest absolute Gasteiger partial charge is 0.230 e. The molecule has 3 aliphatic rings. The largest absolute Gasteiger partial charge is 0.342 e. The van der Waals surface area contributed by atoms with Crippen LogP contribution >= 0.6 is 0 Å². The van der Waals surface area contributed by atoms with Gasteiger partial charge in [0.25, 0.3) is 0 Å². The maximum absolute atomic E-state index is 13.7. The summed E-state index contributed by atoms with van der Waals surface area (Å²) in [4.78, 5) is 29.4. The highest BCUT2D eigenvalue weighted by molar-refractivity contribution is 5.86. The first-order valence-electron chi connectivity index (χ1n) is 11.7. The van der Waals surface area contributed by atoms with Crippen molar-refractivity contribution in [1.82, 2.24) is 24.7 Å². The Kier molecular flexibility index (Phi) is 5.52. The molecular weight excluding hydrogens is 386 g/mol. The Balaban J connectivity index is 1.35. The molecule has 1 atom stereocenters. The monoisotopic (exact) mass is 419 g/mol. The Labute approximate surface area is 185 Å². The van der Waals surface area contributed by atoms with E-state index in [2.05, 4.69) is 43.7 Å². The van der Waals surface area contributed by atoms with E-state index in [-0.39, 0.29) is 10.8 Å². The molecule has 2 aromatic heterocycles. The van der Waals surface area contributed by atoms with Crippen LogP contribution in [0.5, 0.6) is 0 Å². The Morgan fingerprint density at radius 3 is 2.06 bits per heavy atom. The predicted molar refractivity (Wildman–Crippen MR) is 120 cm³/mol. The first-order chi connectivity index (χ1) is 15.1. The van der Waals surface area contributed by atoms with E-state index in [0.717, 1.165) is 71.6 Å². The molecule has 0 N–H and O–H groups in total. The van der Waals surface area contributed by atoms with Gasteiger partial charge >= 0.3 is 0 Å². The van der Waals surface area contributed by atoms with Gasteiger partial charge < -0.3 is 4.90 Å². The van der Waals surface area contributed by atoms with Crippen LogP contribution in [0.25, 0.3) is 0 Å². The van der Waals surface area contributed by atoms with Crippen LogP contribution in [-0.2, 0) is 17.9 Å². The number of nitrogens with zero attached hydrogens (tertiary/aromatic N) is 5. The van der Waals surface area contributed by atoms with Gasteiger partial charge in [0.05, 0.1) is 5.41 Å². The summed E-state index contributed by atoms with van der Waals surface area (Å²) < 4.78 is 0. The van der Waals surface area contributed by atoms with Gasteiger partial charge in [-0.05, 0) is 62.5 Å². The minimum atomic E-state index is -0.217. The highest BCUT2D eigenvalue weighted by Crippen LogP contribution is 2.58. The molecule has 0 aliphatic carbocycles. The van der Waals surface area contributed by atoms with Crippen LogP contribution in [0.1, 0.15) is 37.3 Å². The van der Waals surface area contributed by atoms with Gasteiger partial charge in [-0.2, -0.15) is 0 Å². The maximum atomic E-state index is 13.7. The molecule has 1 amide bonds. The lowest BCUT2D eigenvalue weighted by atomic mass is 9.60. The molecule has 3 saturated heterocycles. The van der Waals surface area contributed by atoms with Crippen LogP contribution in [0.3, 0.4) is 0 Å². The molecular formula is C25H33N5O. The van der Waals surface area contributed by atoms with Crippen molar-refractivity contribution in [2.75, 3.05) is 39.3 Å². The van der Waals surface area contributed by atoms with E-state index >= 15 is 0 Å². The second-order valence-electron chi connectivity index (χ2n) is 9.64. The third kappa shape index (κ3) is 3.66. The number of aromatic nitrogens is 2. The fourth-order valence-corrected chi connectivity index (χ4v) is 6.35. The molecule has 31 heavy (non-hydrogen) atoms. The van der Waals surface area contributed by atoms with Crippen molar-refractivity contribution in [2.45, 2.75) is 39.3 Å². The quantitative estimate of drug-likeness (QED) is 0.746. The Morgan fingerprint density at radius 2 is 1.52 bits per heavy atom. The Bertz CT molecular complexity index is 897. The zero-order valence-corrected chi connectivity index (χ0v) is 18.5. The number of amides is 1. The second kappa shape index (κ2) is 8.32. The number of pyridine rings is 2. The summed E-state index contributed by atoms with van der Waals surface area (Å²) in [5.74, 6) is 0.407. The lowest BCUT2D eigenvalue weighted by molar-refractivity contribution is -0.142. The first-order valence-corrected chi connectivity index (χ1v) is 11.7. The molecule has 3 aliphatic heterocycles. The van der Waals surface area contributed by atoms with Crippen molar-refractivity contribution in [2.24, 2.45) is 10.8 Å². The van der Waals surface area contributed by atoms with E-state index < -0.39 is 0 Å². The predicted octanol–water partition coefficient (Wildman–Crippen LogP) is 2.81. The van der Waals surface area contributed by atoms with E-state index in [1.807, 2.05) is 36.9 Å². The number of rotatable bonds is 5. The minimum Gasteiger partial charge on any atom is -0.342 e. The lowest BCUT2D eigenvalue weighted by Crippen LogP contribution is -2.52. The van der Waals surface area contributed by atoms with E-state index in [4.69, 9.17) is 0 Å². The van der Waals surface area contributed by atoms with Gasteiger partial charge in [0, 0.05) is 69.5 Å². The fraction of sp³-hybridized carbons (Fsp3) is 0.560. The second-order valence-corrected chi connectivity index (χ2v) is 9.64. The molecule has 0 bridgehead atoms. The zero-order valence-electron chi connectivity index (χ0n) is 18.5. The average molecular weight is 420 g/mol. The van der Waals surface area contributed by atoms with Gasteiger partial charge in [0.1, 0.15) is 0 Å². The molecule has 5 rings (SSSR count). The third-order valence-corrected chi connectivity index (χ3v) is 7.99. The summed E-state index contributed by atoms with van der Waals surface area (Å²) in [6.45, 7) is 9.70. The van der Waals surface area contributed by atoms with Crippen LogP contribution in [0.2, 0.25) is 0 Å². The maximum Gasteiger partial charge on any atom is 0.230 e. The molecule has 164 valence electrons. The highest BCUT2D eigenvalue weighted by atomic mass is 16.2. The Hall–Kier alpha value is -2.31. The number of piperidine rings is 1. The van der Waals surface area contributed by atoms with Gasteiger partial charge in [-0.3, -0.25) is 24.6 Å². The standard InChI is InChI=1S/C25H33N5O/c1-2-30-14-9-25(23(30)31)20-29(18-22-6-4-11-27-16-22)19-24(25)7-12-28(13-8-24)17-21-5-3-10-26-15-21/h3-6,10-11,15-16H,2,7-9,12-14,17-20H2,1H3. The molecule has 0 radical (unpaired) electrons. The minimum absolute atomic E-state index is 0.0850. The first kappa shape index (κ1) is 20.6. The molecule has 3 fully saturated rings. The summed E-state index contributed by atoms with van der Waals surface area (Å²) in [7, 11) is 0. The van der Waals surface area contributed by atoms with Crippen molar-refractivity contribution in [3.63, 3.8) is 0 Å². The molecule has 5 heterocycles. The highest BCUT2D eigenvalue weighted by Gasteiger charge is 2.64. The van der Waals surface area contributed by atoms with E-state index in [0.29, 0.717) is 5.91 Å².